The molecule has 0 bridgehead atoms. The molecule has 1 atom stereocenters. The van der Waals surface area contributed by atoms with Crippen molar-refractivity contribution >= 4 is 33.0 Å². The second-order valence-electron chi connectivity index (χ2n) is 6.08. The molecule has 0 N–H and O–H groups in total. The number of fused-ring (bicyclic) bond motifs is 1. The molecule has 3 rings (SSSR count). The SMILES string of the molecule is CC[C@@H](C)c1nc2ccc(Br)cc2c(=O)n1N=Cc1cccc(OC)c1. The molecule has 0 saturated heterocycles. The summed E-state index contributed by atoms with van der Waals surface area (Å²) in [6.45, 7) is 4.11. The third kappa shape index (κ3) is 3.70. The standard InChI is InChI=1S/C20H20BrN3O2/c1-4-13(2)19-23-18-9-8-15(21)11-17(18)20(25)24(19)22-12-14-6-5-7-16(10-14)26-3/h5-13H,4H2,1-3H3/t13-/m1/s1. The molecule has 0 aliphatic heterocycles. The van der Waals surface area contributed by atoms with Gasteiger partial charge < -0.3 is 4.74 Å². The molecule has 0 spiro atoms. The molecule has 0 unspecified atom stereocenters. The molecule has 2 aromatic carbocycles. The highest BCUT2D eigenvalue weighted by Crippen LogP contribution is 2.21. The Morgan fingerprint density at radius 1 is 1.31 bits per heavy atom. The average Bonchev–Trinajstić information content (AvgIpc) is 2.67. The molecule has 0 radical (unpaired) electrons. The van der Waals surface area contributed by atoms with Crippen molar-refractivity contribution in [1.82, 2.24) is 9.66 Å². The van der Waals surface area contributed by atoms with Crippen LogP contribution in [0.15, 0.2) is 56.8 Å². The van der Waals surface area contributed by atoms with E-state index in [1.807, 2.05) is 43.3 Å². The third-order valence-electron chi connectivity index (χ3n) is 4.30. The van der Waals surface area contributed by atoms with E-state index in [1.165, 1.54) is 4.68 Å². The minimum absolute atomic E-state index is 0.109. The van der Waals surface area contributed by atoms with Crippen LogP contribution in [0, 0.1) is 0 Å². The molecule has 134 valence electrons. The summed E-state index contributed by atoms with van der Waals surface area (Å²) in [5.74, 6) is 1.51. The number of hydrogen-bond donors (Lipinski definition) is 0. The van der Waals surface area contributed by atoms with Gasteiger partial charge in [-0.2, -0.15) is 9.78 Å². The molecule has 26 heavy (non-hydrogen) atoms. The second-order valence-corrected chi connectivity index (χ2v) is 6.99. The van der Waals surface area contributed by atoms with Gasteiger partial charge in [-0.3, -0.25) is 4.79 Å². The Bertz CT molecular complexity index is 1030. The van der Waals surface area contributed by atoms with Crippen LogP contribution in [-0.2, 0) is 0 Å². The minimum Gasteiger partial charge on any atom is -0.497 e. The van der Waals surface area contributed by atoms with Crippen molar-refractivity contribution < 1.29 is 4.74 Å². The monoisotopic (exact) mass is 413 g/mol. The van der Waals surface area contributed by atoms with Crippen LogP contribution >= 0.6 is 15.9 Å². The van der Waals surface area contributed by atoms with Gasteiger partial charge in [0.25, 0.3) is 5.56 Å². The minimum atomic E-state index is -0.175. The average molecular weight is 414 g/mol. The first-order chi connectivity index (χ1) is 12.5. The van der Waals surface area contributed by atoms with Crippen LogP contribution < -0.4 is 10.3 Å². The quantitative estimate of drug-likeness (QED) is 0.575. The van der Waals surface area contributed by atoms with E-state index in [0.29, 0.717) is 16.7 Å². The maximum absolute atomic E-state index is 13.0. The molecule has 0 amide bonds. The number of halogens is 1. The van der Waals surface area contributed by atoms with Crippen molar-refractivity contribution in [2.45, 2.75) is 26.2 Å². The lowest BCUT2D eigenvalue weighted by Gasteiger charge is -2.14. The van der Waals surface area contributed by atoms with Crippen LogP contribution in [0.1, 0.15) is 37.6 Å². The lowest BCUT2D eigenvalue weighted by molar-refractivity contribution is 0.414. The molecular weight excluding hydrogens is 394 g/mol. The Labute approximate surface area is 160 Å². The first-order valence-electron chi connectivity index (χ1n) is 8.44. The fourth-order valence-corrected chi connectivity index (χ4v) is 2.99. The number of ether oxygens (including phenoxy) is 1. The van der Waals surface area contributed by atoms with E-state index in [2.05, 4.69) is 28.0 Å². The molecule has 0 saturated carbocycles. The molecule has 0 fully saturated rings. The van der Waals surface area contributed by atoms with Crippen LogP contribution in [0.2, 0.25) is 0 Å². The van der Waals surface area contributed by atoms with Gasteiger partial charge in [0.05, 0.1) is 24.2 Å². The van der Waals surface area contributed by atoms with Gasteiger partial charge in [0, 0.05) is 10.4 Å². The number of hydrogen-bond acceptors (Lipinski definition) is 4. The largest absolute Gasteiger partial charge is 0.497 e. The lowest BCUT2D eigenvalue weighted by Crippen LogP contribution is -2.23. The maximum atomic E-state index is 13.0. The van der Waals surface area contributed by atoms with Crippen LogP contribution in [0.25, 0.3) is 10.9 Å². The summed E-state index contributed by atoms with van der Waals surface area (Å²) in [7, 11) is 1.62. The number of nitrogens with zero attached hydrogens (tertiary/aromatic N) is 3. The first kappa shape index (κ1) is 18.3. The van der Waals surface area contributed by atoms with Crippen molar-refractivity contribution in [2.75, 3.05) is 7.11 Å². The van der Waals surface area contributed by atoms with Gasteiger partial charge in [0.15, 0.2) is 0 Å². The predicted molar refractivity (Wildman–Crippen MR) is 108 cm³/mol. The highest BCUT2D eigenvalue weighted by Gasteiger charge is 2.15. The number of aromatic nitrogens is 2. The fraction of sp³-hybridized carbons (Fsp3) is 0.250. The maximum Gasteiger partial charge on any atom is 0.282 e. The Morgan fingerprint density at radius 2 is 2.12 bits per heavy atom. The summed E-state index contributed by atoms with van der Waals surface area (Å²) in [6.07, 6.45) is 2.52. The van der Waals surface area contributed by atoms with Gasteiger partial charge in [0.2, 0.25) is 0 Å². The van der Waals surface area contributed by atoms with Gasteiger partial charge in [-0.25, -0.2) is 4.98 Å². The van der Waals surface area contributed by atoms with E-state index in [4.69, 9.17) is 9.72 Å². The molecule has 5 nitrogen and oxygen atoms in total. The van der Waals surface area contributed by atoms with Gasteiger partial charge >= 0.3 is 0 Å². The number of rotatable bonds is 5. The molecule has 1 aromatic heterocycles. The van der Waals surface area contributed by atoms with E-state index in [0.717, 1.165) is 22.2 Å². The smallest absolute Gasteiger partial charge is 0.282 e. The van der Waals surface area contributed by atoms with Crippen LogP contribution in [0.5, 0.6) is 5.75 Å². The molecule has 3 aromatic rings. The normalized spacial score (nSPS) is 12.6. The summed E-state index contributed by atoms with van der Waals surface area (Å²) in [5, 5.41) is 4.98. The molecule has 1 heterocycles. The van der Waals surface area contributed by atoms with E-state index in [-0.39, 0.29) is 11.5 Å². The van der Waals surface area contributed by atoms with Crippen LogP contribution in [0.3, 0.4) is 0 Å². The van der Waals surface area contributed by atoms with E-state index >= 15 is 0 Å². The molecular formula is C20H20BrN3O2. The zero-order chi connectivity index (χ0) is 18.7. The zero-order valence-electron chi connectivity index (χ0n) is 14.9. The topological polar surface area (TPSA) is 56.5 Å². The van der Waals surface area contributed by atoms with Crippen molar-refractivity contribution in [3.05, 3.63) is 68.7 Å². The predicted octanol–water partition coefficient (Wildman–Crippen LogP) is 4.56. The van der Waals surface area contributed by atoms with Crippen molar-refractivity contribution in [1.29, 1.82) is 0 Å². The van der Waals surface area contributed by atoms with Crippen molar-refractivity contribution in [3.8, 4) is 5.75 Å². The van der Waals surface area contributed by atoms with Gasteiger partial charge in [-0.05, 0) is 42.3 Å². The summed E-state index contributed by atoms with van der Waals surface area (Å²) >= 11 is 3.42. The van der Waals surface area contributed by atoms with Crippen molar-refractivity contribution in [2.24, 2.45) is 5.10 Å². The Balaban J connectivity index is 2.17. The van der Waals surface area contributed by atoms with Crippen molar-refractivity contribution in [3.63, 3.8) is 0 Å². The lowest BCUT2D eigenvalue weighted by atomic mass is 10.1. The highest BCUT2D eigenvalue weighted by molar-refractivity contribution is 9.10. The van der Waals surface area contributed by atoms with Crippen LogP contribution in [-0.4, -0.2) is 23.0 Å². The Morgan fingerprint density at radius 3 is 2.85 bits per heavy atom. The van der Waals surface area contributed by atoms with Gasteiger partial charge in [-0.15, -0.1) is 0 Å². The number of benzene rings is 2. The van der Waals surface area contributed by atoms with E-state index < -0.39 is 0 Å². The first-order valence-corrected chi connectivity index (χ1v) is 9.23. The highest BCUT2D eigenvalue weighted by atomic mass is 79.9. The van der Waals surface area contributed by atoms with E-state index in [9.17, 15) is 4.79 Å². The summed E-state index contributed by atoms with van der Waals surface area (Å²) < 4.78 is 7.47. The van der Waals surface area contributed by atoms with Gasteiger partial charge in [-0.1, -0.05) is 41.9 Å². The summed E-state index contributed by atoms with van der Waals surface area (Å²) in [4.78, 5) is 17.7. The zero-order valence-corrected chi connectivity index (χ0v) is 16.5. The molecule has 6 heteroatoms. The summed E-state index contributed by atoms with van der Waals surface area (Å²) in [5.41, 5.74) is 1.35. The molecule has 0 aliphatic rings. The fourth-order valence-electron chi connectivity index (χ4n) is 2.63. The molecule has 0 aliphatic carbocycles. The Hall–Kier alpha value is -2.47. The number of methoxy groups -OCH3 is 1. The Kier molecular flexibility index (Phi) is 5.52. The van der Waals surface area contributed by atoms with Crippen LogP contribution in [0.4, 0.5) is 0 Å². The van der Waals surface area contributed by atoms with E-state index in [1.54, 1.807) is 19.4 Å². The third-order valence-corrected chi connectivity index (χ3v) is 4.80. The second kappa shape index (κ2) is 7.83. The van der Waals surface area contributed by atoms with Gasteiger partial charge in [0.1, 0.15) is 11.6 Å². The summed E-state index contributed by atoms with van der Waals surface area (Å²) in [6, 6.07) is 13.0.